The maximum absolute atomic E-state index is 5.19. The minimum Gasteiger partial charge on any atom is -0.384 e. The number of nitrogens with zero attached hydrogens (tertiary/aromatic N) is 1. The number of ether oxygens (including phenoxy) is 1. The molecule has 1 aliphatic heterocycles. The van der Waals surface area contributed by atoms with Crippen LogP contribution in [0.1, 0.15) is 20.3 Å². The zero-order valence-corrected chi connectivity index (χ0v) is 11.1. The molecule has 84 valence electrons. The molecule has 1 atom stereocenters. The van der Waals surface area contributed by atoms with Crippen molar-refractivity contribution in [2.45, 2.75) is 20.3 Å². The van der Waals surface area contributed by atoms with Gasteiger partial charge in [-0.05, 0) is 24.3 Å². The lowest BCUT2D eigenvalue weighted by atomic mass is 9.96. The molecule has 0 aliphatic carbocycles. The van der Waals surface area contributed by atoms with Gasteiger partial charge in [-0.3, -0.25) is 0 Å². The molecule has 0 bridgehead atoms. The normalized spacial score (nSPS) is 24.4. The summed E-state index contributed by atoms with van der Waals surface area (Å²) in [7, 11) is 1.80. The van der Waals surface area contributed by atoms with Gasteiger partial charge in [0.15, 0.2) is 0 Å². The van der Waals surface area contributed by atoms with Crippen molar-refractivity contribution in [1.29, 1.82) is 0 Å². The number of hydrogen-bond donors (Lipinski definition) is 0. The van der Waals surface area contributed by atoms with Gasteiger partial charge in [0, 0.05) is 25.5 Å². The number of likely N-dealkylation sites (tertiary alicyclic amines) is 1. The Morgan fingerprint density at radius 3 is 2.79 bits per heavy atom. The van der Waals surface area contributed by atoms with Crippen molar-refractivity contribution in [3.8, 4) is 0 Å². The third-order valence-electron chi connectivity index (χ3n) is 2.79. The van der Waals surface area contributed by atoms with E-state index in [-0.39, 0.29) is 0 Å². The second kappa shape index (κ2) is 5.47. The number of rotatable bonds is 5. The minimum atomic E-state index is 0.391. The van der Waals surface area contributed by atoms with Crippen LogP contribution in [-0.2, 0) is 4.74 Å². The Labute approximate surface area is 96.1 Å². The van der Waals surface area contributed by atoms with Crippen molar-refractivity contribution in [3.05, 3.63) is 0 Å². The summed E-state index contributed by atoms with van der Waals surface area (Å²) in [5.41, 5.74) is 0.391. The summed E-state index contributed by atoms with van der Waals surface area (Å²) in [6, 6.07) is 0. The second-order valence-electron chi connectivity index (χ2n) is 5.14. The zero-order valence-electron chi connectivity index (χ0n) is 9.55. The van der Waals surface area contributed by atoms with E-state index >= 15 is 0 Å². The van der Waals surface area contributed by atoms with Crippen LogP contribution < -0.4 is 0 Å². The summed E-state index contributed by atoms with van der Waals surface area (Å²) in [6.45, 7) is 9.19. The number of halogens is 1. The monoisotopic (exact) mass is 263 g/mol. The number of alkyl halides is 1. The molecule has 1 saturated heterocycles. The Morgan fingerprint density at radius 1 is 1.50 bits per heavy atom. The standard InChI is InChI=1S/C11H22BrNO/c1-11(2,8-12)9-13-5-4-10(6-13)7-14-3/h10H,4-9H2,1-3H3. The summed E-state index contributed by atoms with van der Waals surface area (Å²) < 4.78 is 5.19. The highest BCUT2D eigenvalue weighted by atomic mass is 79.9. The van der Waals surface area contributed by atoms with E-state index in [1.807, 2.05) is 0 Å². The first-order valence-corrected chi connectivity index (χ1v) is 6.47. The van der Waals surface area contributed by atoms with E-state index in [2.05, 4.69) is 34.7 Å². The second-order valence-corrected chi connectivity index (χ2v) is 5.70. The smallest absolute Gasteiger partial charge is 0.0503 e. The van der Waals surface area contributed by atoms with Crippen molar-refractivity contribution in [2.75, 3.05) is 38.7 Å². The van der Waals surface area contributed by atoms with Crippen LogP contribution in [0, 0.1) is 11.3 Å². The summed E-state index contributed by atoms with van der Waals surface area (Å²) in [6.07, 6.45) is 1.30. The van der Waals surface area contributed by atoms with E-state index in [1.54, 1.807) is 7.11 Å². The van der Waals surface area contributed by atoms with E-state index < -0.39 is 0 Å². The molecule has 0 radical (unpaired) electrons. The molecule has 1 heterocycles. The van der Waals surface area contributed by atoms with E-state index in [4.69, 9.17) is 4.74 Å². The molecular weight excluding hydrogens is 242 g/mol. The maximum Gasteiger partial charge on any atom is 0.0503 e. The Hall–Kier alpha value is 0.400. The van der Waals surface area contributed by atoms with Crippen LogP contribution in [0.25, 0.3) is 0 Å². The van der Waals surface area contributed by atoms with Gasteiger partial charge < -0.3 is 9.64 Å². The van der Waals surface area contributed by atoms with Crippen LogP contribution in [0.2, 0.25) is 0 Å². The quantitative estimate of drug-likeness (QED) is 0.707. The average molecular weight is 264 g/mol. The molecule has 3 heteroatoms. The van der Waals surface area contributed by atoms with Gasteiger partial charge in [0.2, 0.25) is 0 Å². The highest BCUT2D eigenvalue weighted by Gasteiger charge is 2.27. The average Bonchev–Trinajstić information content (AvgIpc) is 2.53. The van der Waals surface area contributed by atoms with Crippen molar-refractivity contribution in [3.63, 3.8) is 0 Å². The first-order chi connectivity index (χ1) is 6.57. The fourth-order valence-electron chi connectivity index (χ4n) is 2.08. The first kappa shape index (κ1) is 12.5. The van der Waals surface area contributed by atoms with Gasteiger partial charge in [0.1, 0.15) is 0 Å². The largest absolute Gasteiger partial charge is 0.384 e. The van der Waals surface area contributed by atoms with E-state index in [1.165, 1.54) is 26.1 Å². The topological polar surface area (TPSA) is 12.5 Å². The Kier molecular flexibility index (Phi) is 4.88. The van der Waals surface area contributed by atoms with Crippen LogP contribution in [0.15, 0.2) is 0 Å². The third-order valence-corrected chi connectivity index (χ3v) is 4.30. The first-order valence-electron chi connectivity index (χ1n) is 5.34. The lowest BCUT2D eigenvalue weighted by Gasteiger charge is -2.28. The number of hydrogen-bond acceptors (Lipinski definition) is 2. The van der Waals surface area contributed by atoms with Crippen LogP contribution >= 0.6 is 15.9 Å². The van der Waals surface area contributed by atoms with Crippen molar-refractivity contribution in [2.24, 2.45) is 11.3 Å². The van der Waals surface area contributed by atoms with E-state index in [9.17, 15) is 0 Å². The molecular formula is C11H22BrNO. The highest BCUT2D eigenvalue weighted by molar-refractivity contribution is 9.09. The number of methoxy groups -OCH3 is 1. The van der Waals surface area contributed by atoms with Crippen molar-refractivity contribution in [1.82, 2.24) is 4.90 Å². The molecule has 0 spiro atoms. The summed E-state index contributed by atoms with van der Waals surface area (Å²) >= 11 is 3.57. The van der Waals surface area contributed by atoms with Gasteiger partial charge in [-0.15, -0.1) is 0 Å². The zero-order chi connectivity index (χ0) is 10.6. The summed E-state index contributed by atoms with van der Waals surface area (Å²) in [5.74, 6) is 0.756. The molecule has 14 heavy (non-hydrogen) atoms. The van der Waals surface area contributed by atoms with Gasteiger partial charge in [0.25, 0.3) is 0 Å². The maximum atomic E-state index is 5.19. The van der Waals surface area contributed by atoms with E-state index in [0.717, 1.165) is 17.9 Å². The van der Waals surface area contributed by atoms with Crippen LogP contribution in [-0.4, -0.2) is 43.6 Å². The fraction of sp³-hybridized carbons (Fsp3) is 1.00. The highest BCUT2D eigenvalue weighted by Crippen LogP contribution is 2.24. The predicted octanol–water partition coefficient (Wildman–Crippen LogP) is 2.38. The third kappa shape index (κ3) is 3.87. The van der Waals surface area contributed by atoms with Crippen LogP contribution in [0.5, 0.6) is 0 Å². The molecule has 0 aromatic rings. The molecule has 1 aliphatic rings. The van der Waals surface area contributed by atoms with Crippen LogP contribution in [0.4, 0.5) is 0 Å². The Bertz CT molecular complexity index is 173. The van der Waals surface area contributed by atoms with Gasteiger partial charge in [-0.25, -0.2) is 0 Å². The molecule has 0 N–H and O–H groups in total. The van der Waals surface area contributed by atoms with Gasteiger partial charge >= 0.3 is 0 Å². The molecule has 1 rings (SSSR count). The van der Waals surface area contributed by atoms with Crippen LogP contribution in [0.3, 0.4) is 0 Å². The fourth-order valence-corrected chi connectivity index (χ4v) is 2.25. The van der Waals surface area contributed by atoms with Crippen molar-refractivity contribution >= 4 is 15.9 Å². The SMILES string of the molecule is COCC1CCN(CC(C)(C)CBr)C1. The lowest BCUT2D eigenvalue weighted by Crippen LogP contribution is -2.34. The molecule has 0 saturated carbocycles. The summed E-state index contributed by atoms with van der Waals surface area (Å²) in [4.78, 5) is 2.56. The molecule has 1 fully saturated rings. The molecule has 1 unspecified atom stereocenters. The lowest BCUT2D eigenvalue weighted by molar-refractivity contribution is 0.148. The molecule has 0 amide bonds. The molecule has 0 aromatic carbocycles. The molecule has 2 nitrogen and oxygen atoms in total. The minimum absolute atomic E-state index is 0.391. The Balaban J connectivity index is 2.28. The predicted molar refractivity (Wildman–Crippen MR) is 64.0 cm³/mol. The van der Waals surface area contributed by atoms with Gasteiger partial charge in [-0.2, -0.15) is 0 Å². The summed E-state index contributed by atoms with van der Waals surface area (Å²) in [5, 5.41) is 1.07. The van der Waals surface area contributed by atoms with E-state index in [0.29, 0.717) is 5.41 Å². The van der Waals surface area contributed by atoms with Gasteiger partial charge in [0.05, 0.1) is 6.61 Å². The Morgan fingerprint density at radius 2 is 2.21 bits per heavy atom. The van der Waals surface area contributed by atoms with Crippen molar-refractivity contribution < 1.29 is 4.74 Å². The molecule has 0 aromatic heterocycles. The van der Waals surface area contributed by atoms with Gasteiger partial charge in [-0.1, -0.05) is 29.8 Å².